The van der Waals surface area contributed by atoms with Gasteiger partial charge < -0.3 is 4.98 Å². The summed E-state index contributed by atoms with van der Waals surface area (Å²) < 4.78 is 0. The van der Waals surface area contributed by atoms with Gasteiger partial charge in [0.25, 0.3) is 0 Å². The maximum Gasteiger partial charge on any atom is 0.0925 e. The van der Waals surface area contributed by atoms with E-state index < -0.39 is 0 Å². The SMILES string of the molecule is CCc1[nH]cnc1C(C)(C)C. The maximum atomic E-state index is 4.30. The fourth-order valence-electron chi connectivity index (χ4n) is 1.24. The zero-order valence-electron chi connectivity index (χ0n) is 7.73. The second kappa shape index (κ2) is 2.68. The first-order chi connectivity index (χ1) is 5.05. The van der Waals surface area contributed by atoms with E-state index in [9.17, 15) is 0 Å². The molecule has 11 heavy (non-hydrogen) atoms. The van der Waals surface area contributed by atoms with Crippen LogP contribution in [0.15, 0.2) is 6.33 Å². The Labute approximate surface area is 68.0 Å². The number of nitrogens with one attached hydrogen (secondary N) is 1. The zero-order valence-corrected chi connectivity index (χ0v) is 7.73. The molecule has 0 atom stereocenters. The molecule has 0 spiro atoms. The third-order valence-corrected chi connectivity index (χ3v) is 1.78. The molecule has 0 fully saturated rings. The van der Waals surface area contributed by atoms with E-state index in [1.807, 2.05) is 0 Å². The third-order valence-electron chi connectivity index (χ3n) is 1.78. The summed E-state index contributed by atoms with van der Waals surface area (Å²) in [6, 6.07) is 0. The normalized spacial score (nSPS) is 12.0. The second-order valence-electron chi connectivity index (χ2n) is 3.83. The Balaban J connectivity index is 3.02. The molecule has 0 radical (unpaired) electrons. The van der Waals surface area contributed by atoms with Crippen molar-refractivity contribution in [2.45, 2.75) is 39.5 Å². The lowest BCUT2D eigenvalue weighted by Gasteiger charge is -2.16. The highest BCUT2D eigenvalue weighted by molar-refractivity contribution is 5.19. The molecular formula is C9H16N2. The van der Waals surface area contributed by atoms with E-state index in [4.69, 9.17) is 0 Å². The van der Waals surface area contributed by atoms with E-state index in [1.165, 1.54) is 11.4 Å². The van der Waals surface area contributed by atoms with E-state index in [2.05, 4.69) is 37.7 Å². The first kappa shape index (κ1) is 8.31. The van der Waals surface area contributed by atoms with Gasteiger partial charge in [-0.25, -0.2) is 4.98 Å². The molecule has 0 saturated heterocycles. The van der Waals surface area contributed by atoms with Gasteiger partial charge in [-0.2, -0.15) is 0 Å². The first-order valence-corrected chi connectivity index (χ1v) is 4.08. The van der Waals surface area contributed by atoms with Gasteiger partial charge >= 0.3 is 0 Å². The number of H-pyrrole nitrogens is 1. The Morgan fingerprint density at radius 2 is 2.09 bits per heavy atom. The molecule has 1 rings (SSSR count). The largest absolute Gasteiger partial charge is 0.348 e. The summed E-state index contributed by atoms with van der Waals surface area (Å²) in [5.41, 5.74) is 2.63. The van der Waals surface area contributed by atoms with E-state index >= 15 is 0 Å². The van der Waals surface area contributed by atoms with E-state index in [-0.39, 0.29) is 5.41 Å². The van der Waals surface area contributed by atoms with Crippen molar-refractivity contribution in [3.8, 4) is 0 Å². The van der Waals surface area contributed by atoms with Crippen LogP contribution >= 0.6 is 0 Å². The number of rotatable bonds is 1. The standard InChI is InChI=1S/C9H16N2/c1-5-7-8(9(2,3)4)11-6-10-7/h6H,5H2,1-4H3,(H,10,11). The monoisotopic (exact) mass is 152 g/mol. The van der Waals surface area contributed by atoms with Crippen LogP contribution in [0.4, 0.5) is 0 Å². The molecule has 0 unspecified atom stereocenters. The molecule has 0 aliphatic rings. The van der Waals surface area contributed by atoms with Gasteiger partial charge in [-0.1, -0.05) is 27.7 Å². The summed E-state index contributed by atoms with van der Waals surface area (Å²) in [4.78, 5) is 7.45. The Bertz CT molecular complexity index is 230. The maximum absolute atomic E-state index is 4.30. The predicted octanol–water partition coefficient (Wildman–Crippen LogP) is 2.27. The van der Waals surface area contributed by atoms with Crippen LogP contribution in [0.1, 0.15) is 39.1 Å². The van der Waals surface area contributed by atoms with Crippen LogP contribution in [0.2, 0.25) is 0 Å². The van der Waals surface area contributed by atoms with Gasteiger partial charge in [0.1, 0.15) is 0 Å². The van der Waals surface area contributed by atoms with E-state index in [1.54, 1.807) is 6.33 Å². The molecule has 2 nitrogen and oxygen atoms in total. The Hall–Kier alpha value is -0.790. The van der Waals surface area contributed by atoms with Gasteiger partial charge in [0.15, 0.2) is 0 Å². The van der Waals surface area contributed by atoms with Crippen LogP contribution in [0.5, 0.6) is 0 Å². The number of aryl methyl sites for hydroxylation is 1. The average molecular weight is 152 g/mol. The van der Waals surface area contributed by atoms with E-state index in [0.717, 1.165) is 6.42 Å². The molecule has 2 heteroatoms. The number of imidazole rings is 1. The fourth-order valence-corrected chi connectivity index (χ4v) is 1.24. The van der Waals surface area contributed by atoms with Crippen LogP contribution in [-0.2, 0) is 11.8 Å². The van der Waals surface area contributed by atoms with Gasteiger partial charge in [-0.15, -0.1) is 0 Å². The minimum absolute atomic E-state index is 0.172. The first-order valence-electron chi connectivity index (χ1n) is 4.08. The molecule has 1 aromatic rings. The number of aromatic nitrogens is 2. The molecule has 1 N–H and O–H groups in total. The molecule has 0 aliphatic carbocycles. The van der Waals surface area contributed by atoms with Crippen LogP contribution in [-0.4, -0.2) is 9.97 Å². The Morgan fingerprint density at radius 1 is 1.45 bits per heavy atom. The number of hydrogen-bond acceptors (Lipinski definition) is 1. The van der Waals surface area contributed by atoms with Crippen LogP contribution in [0.3, 0.4) is 0 Å². The summed E-state index contributed by atoms with van der Waals surface area (Å²) in [6.45, 7) is 8.69. The highest BCUT2D eigenvalue weighted by Crippen LogP contribution is 2.22. The van der Waals surface area contributed by atoms with Crippen molar-refractivity contribution >= 4 is 0 Å². The molecule has 1 aromatic heterocycles. The highest BCUT2D eigenvalue weighted by atomic mass is 14.9. The number of nitrogens with zero attached hydrogens (tertiary/aromatic N) is 1. The summed E-state index contributed by atoms with van der Waals surface area (Å²) >= 11 is 0. The van der Waals surface area contributed by atoms with Gasteiger partial charge in [0.05, 0.1) is 12.0 Å². The molecular weight excluding hydrogens is 136 g/mol. The van der Waals surface area contributed by atoms with Crippen molar-refractivity contribution in [1.82, 2.24) is 9.97 Å². The van der Waals surface area contributed by atoms with Crippen molar-refractivity contribution in [3.05, 3.63) is 17.7 Å². The quantitative estimate of drug-likeness (QED) is 0.657. The van der Waals surface area contributed by atoms with Gasteiger partial charge in [0, 0.05) is 11.1 Å². The lowest BCUT2D eigenvalue weighted by Crippen LogP contribution is -2.14. The van der Waals surface area contributed by atoms with Crippen molar-refractivity contribution in [2.24, 2.45) is 0 Å². The number of hydrogen-bond donors (Lipinski definition) is 1. The molecule has 0 aromatic carbocycles. The van der Waals surface area contributed by atoms with Gasteiger partial charge in [-0.3, -0.25) is 0 Å². The smallest absolute Gasteiger partial charge is 0.0925 e. The minimum atomic E-state index is 0.172. The summed E-state index contributed by atoms with van der Waals surface area (Å²) in [6.07, 6.45) is 2.81. The highest BCUT2D eigenvalue weighted by Gasteiger charge is 2.19. The van der Waals surface area contributed by atoms with Crippen molar-refractivity contribution < 1.29 is 0 Å². The molecule has 1 heterocycles. The lowest BCUT2D eigenvalue weighted by molar-refractivity contribution is 0.565. The minimum Gasteiger partial charge on any atom is -0.348 e. The van der Waals surface area contributed by atoms with E-state index in [0.29, 0.717) is 0 Å². The van der Waals surface area contributed by atoms with Crippen molar-refractivity contribution in [3.63, 3.8) is 0 Å². The molecule has 0 amide bonds. The summed E-state index contributed by atoms with van der Waals surface area (Å²) in [5.74, 6) is 0. The average Bonchev–Trinajstić information content (AvgIpc) is 2.31. The van der Waals surface area contributed by atoms with Crippen LogP contribution in [0.25, 0.3) is 0 Å². The van der Waals surface area contributed by atoms with Gasteiger partial charge in [0.2, 0.25) is 0 Å². The predicted molar refractivity (Wildman–Crippen MR) is 46.7 cm³/mol. The molecule has 0 aliphatic heterocycles. The molecule has 0 bridgehead atoms. The van der Waals surface area contributed by atoms with Crippen LogP contribution < -0.4 is 0 Å². The topological polar surface area (TPSA) is 28.7 Å². The van der Waals surface area contributed by atoms with Crippen LogP contribution in [0, 0.1) is 0 Å². The molecule has 0 saturated carbocycles. The molecule has 62 valence electrons. The zero-order chi connectivity index (χ0) is 8.48. The number of aromatic amines is 1. The van der Waals surface area contributed by atoms with Crippen molar-refractivity contribution in [2.75, 3.05) is 0 Å². The van der Waals surface area contributed by atoms with Crippen molar-refractivity contribution in [1.29, 1.82) is 0 Å². The lowest BCUT2D eigenvalue weighted by atomic mass is 9.90. The fraction of sp³-hybridized carbons (Fsp3) is 0.667. The Kier molecular flexibility index (Phi) is 2.03. The third kappa shape index (κ3) is 1.62. The summed E-state index contributed by atoms with van der Waals surface area (Å²) in [7, 11) is 0. The second-order valence-corrected chi connectivity index (χ2v) is 3.83. The Morgan fingerprint density at radius 3 is 2.45 bits per heavy atom. The van der Waals surface area contributed by atoms with Gasteiger partial charge in [-0.05, 0) is 6.42 Å². The summed E-state index contributed by atoms with van der Waals surface area (Å²) in [5, 5.41) is 0.